The maximum Gasteiger partial charge on any atom is 0.319 e. The van der Waals surface area contributed by atoms with Gasteiger partial charge in [-0.2, -0.15) is 0 Å². The quantitative estimate of drug-likeness (QED) is 0.792. The lowest BCUT2D eigenvalue weighted by atomic mass is 9.96. The summed E-state index contributed by atoms with van der Waals surface area (Å²) in [5, 5.41) is 15.5. The van der Waals surface area contributed by atoms with Gasteiger partial charge in [-0.15, -0.1) is 0 Å². The number of benzene rings is 2. The Balaban J connectivity index is 1.34. The molecule has 1 aliphatic heterocycles. The molecule has 0 fully saturated rings. The second kappa shape index (κ2) is 6.96. The zero-order valence-corrected chi connectivity index (χ0v) is 14.3. The van der Waals surface area contributed by atoms with Crippen LogP contribution in [0.4, 0.5) is 14.9 Å². The molecule has 26 heavy (non-hydrogen) atoms. The molecule has 3 N–H and O–H groups in total. The van der Waals surface area contributed by atoms with Gasteiger partial charge in [0.25, 0.3) is 0 Å². The molecule has 1 heterocycles. The molecule has 0 saturated carbocycles. The van der Waals surface area contributed by atoms with Crippen LogP contribution in [-0.4, -0.2) is 30.4 Å². The first-order chi connectivity index (χ1) is 12.6. The molecule has 1 aliphatic carbocycles. The standard InChI is InChI=1S/C20H21FN2O3/c21-15-4-5-19-14(7-15)6-12(11-26-19)10-22-20(25)23-18-3-1-2-13-8-16(24)9-17(13)18/h1-5,7,12,16,24H,6,8-11H2,(H2,22,23,25)/t12?,16-/m1/s1. The van der Waals surface area contributed by atoms with E-state index in [1.807, 2.05) is 18.2 Å². The van der Waals surface area contributed by atoms with Gasteiger partial charge in [-0.05, 0) is 53.8 Å². The van der Waals surface area contributed by atoms with Crippen molar-refractivity contribution in [2.75, 3.05) is 18.5 Å². The molecule has 2 aromatic rings. The summed E-state index contributed by atoms with van der Waals surface area (Å²) in [6.45, 7) is 0.936. The lowest BCUT2D eigenvalue weighted by Crippen LogP contribution is -2.37. The van der Waals surface area contributed by atoms with Crippen molar-refractivity contribution < 1.29 is 19.0 Å². The average Bonchev–Trinajstić information content (AvgIpc) is 3.01. The third-order valence-corrected chi connectivity index (χ3v) is 4.97. The van der Waals surface area contributed by atoms with Gasteiger partial charge in [0.1, 0.15) is 11.6 Å². The zero-order chi connectivity index (χ0) is 18.1. The molecule has 2 aliphatic rings. The van der Waals surface area contributed by atoms with Crippen LogP contribution in [0.5, 0.6) is 5.75 Å². The van der Waals surface area contributed by atoms with Crippen molar-refractivity contribution in [3.63, 3.8) is 0 Å². The Bertz CT molecular complexity index is 840. The summed E-state index contributed by atoms with van der Waals surface area (Å²) in [5.41, 5.74) is 3.65. The molecule has 6 heteroatoms. The fourth-order valence-corrected chi connectivity index (χ4v) is 3.71. The van der Waals surface area contributed by atoms with Gasteiger partial charge in [0, 0.05) is 24.6 Å². The molecule has 2 aromatic carbocycles. The summed E-state index contributed by atoms with van der Waals surface area (Å²) in [6, 6.07) is 9.94. The number of aliphatic hydroxyl groups is 1. The van der Waals surface area contributed by atoms with E-state index in [1.165, 1.54) is 12.1 Å². The number of carbonyl (C=O) groups excluding carboxylic acids is 1. The van der Waals surface area contributed by atoms with Gasteiger partial charge in [0.2, 0.25) is 0 Å². The first-order valence-electron chi connectivity index (χ1n) is 8.83. The molecule has 0 spiro atoms. The van der Waals surface area contributed by atoms with Crippen LogP contribution in [-0.2, 0) is 19.3 Å². The predicted octanol–water partition coefficient (Wildman–Crippen LogP) is 2.66. The Kier molecular flexibility index (Phi) is 4.51. The van der Waals surface area contributed by atoms with Crippen LogP contribution >= 0.6 is 0 Å². The highest BCUT2D eigenvalue weighted by Gasteiger charge is 2.23. The molecule has 136 valence electrons. The SMILES string of the molecule is O=C(NCC1COc2ccc(F)cc2C1)Nc1cccc2c1C[C@H](O)C2. The fourth-order valence-electron chi connectivity index (χ4n) is 3.71. The molecule has 2 amide bonds. The minimum Gasteiger partial charge on any atom is -0.493 e. The summed E-state index contributed by atoms with van der Waals surface area (Å²) < 4.78 is 19.0. The number of nitrogens with one attached hydrogen (secondary N) is 2. The van der Waals surface area contributed by atoms with E-state index in [0.717, 1.165) is 22.4 Å². The van der Waals surface area contributed by atoms with E-state index in [0.29, 0.717) is 38.2 Å². The highest BCUT2D eigenvalue weighted by atomic mass is 19.1. The lowest BCUT2D eigenvalue weighted by molar-refractivity contribution is 0.187. The number of rotatable bonds is 3. The van der Waals surface area contributed by atoms with Gasteiger partial charge in [0.15, 0.2) is 0 Å². The number of ether oxygens (including phenoxy) is 1. The summed E-state index contributed by atoms with van der Waals surface area (Å²) in [6.07, 6.45) is 1.48. The van der Waals surface area contributed by atoms with Gasteiger partial charge in [0.05, 0.1) is 12.7 Å². The van der Waals surface area contributed by atoms with Crippen molar-refractivity contribution in [1.82, 2.24) is 5.32 Å². The Morgan fingerprint density at radius 1 is 1.19 bits per heavy atom. The highest BCUT2D eigenvalue weighted by molar-refractivity contribution is 5.90. The van der Waals surface area contributed by atoms with E-state index >= 15 is 0 Å². The highest BCUT2D eigenvalue weighted by Crippen LogP contribution is 2.29. The van der Waals surface area contributed by atoms with Crippen molar-refractivity contribution in [2.45, 2.75) is 25.4 Å². The molecule has 0 radical (unpaired) electrons. The van der Waals surface area contributed by atoms with Crippen LogP contribution in [0.25, 0.3) is 0 Å². The third kappa shape index (κ3) is 3.51. The van der Waals surface area contributed by atoms with Crippen LogP contribution in [0.15, 0.2) is 36.4 Å². The fraction of sp³-hybridized carbons (Fsp3) is 0.350. The van der Waals surface area contributed by atoms with Crippen molar-refractivity contribution in [1.29, 1.82) is 0 Å². The Morgan fingerprint density at radius 2 is 2.08 bits per heavy atom. The molecule has 5 nitrogen and oxygen atoms in total. The van der Waals surface area contributed by atoms with Crippen molar-refractivity contribution in [3.05, 3.63) is 58.9 Å². The number of anilines is 1. The Labute approximate surface area is 151 Å². The number of hydrogen-bond donors (Lipinski definition) is 3. The minimum atomic E-state index is -0.379. The van der Waals surface area contributed by atoms with E-state index < -0.39 is 0 Å². The molecule has 4 rings (SSSR count). The van der Waals surface area contributed by atoms with Crippen molar-refractivity contribution in [3.8, 4) is 5.75 Å². The summed E-state index contributed by atoms with van der Waals surface area (Å²) in [7, 11) is 0. The van der Waals surface area contributed by atoms with Gasteiger partial charge in [-0.25, -0.2) is 9.18 Å². The summed E-state index contributed by atoms with van der Waals surface area (Å²) >= 11 is 0. The van der Waals surface area contributed by atoms with Gasteiger partial charge in [-0.3, -0.25) is 0 Å². The van der Waals surface area contributed by atoms with Crippen LogP contribution < -0.4 is 15.4 Å². The number of aliphatic hydroxyl groups excluding tert-OH is 1. The zero-order valence-electron chi connectivity index (χ0n) is 14.3. The molecular formula is C20H21FN2O3. The lowest BCUT2D eigenvalue weighted by Gasteiger charge is -2.25. The van der Waals surface area contributed by atoms with E-state index in [2.05, 4.69) is 10.6 Å². The Hall–Kier alpha value is -2.60. The van der Waals surface area contributed by atoms with Gasteiger partial charge < -0.3 is 20.5 Å². The first-order valence-corrected chi connectivity index (χ1v) is 8.83. The van der Waals surface area contributed by atoms with Gasteiger partial charge >= 0.3 is 6.03 Å². The summed E-state index contributed by atoms with van der Waals surface area (Å²) in [5.74, 6) is 0.530. The van der Waals surface area contributed by atoms with E-state index in [1.54, 1.807) is 6.07 Å². The van der Waals surface area contributed by atoms with E-state index in [4.69, 9.17) is 4.74 Å². The molecule has 1 unspecified atom stereocenters. The topological polar surface area (TPSA) is 70.6 Å². The van der Waals surface area contributed by atoms with E-state index in [-0.39, 0.29) is 23.9 Å². The maximum atomic E-state index is 13.4. The number of carbonyl (C=O) groups is 1. The number of fused-ring (bicyclic) bond motifs is 2. The Morgan fingerprint density at radius 3 is 2.96 bits per heavy atom. The smallest absolute Gasteiger partial charge is 0.319 e. The monoisotopic (exact) mass is 356 g/mol. The normalized spacial score (nSPS) is 20.7. The predicted molar refractivity (Wildman–Crippen MR) is 96.0 cm³/mol. The second-order valence-corrected chi connectivity index (χ2v) is 6.97. The van der Waals surface area contributed by atoms with Gasteiger partial charge in [-0.1, -0.05) is 12.1 Å². The molecule has 0 saturated heterocycles. The van der Waals surface area contributed by atoms with Crippen molar-refractivity contribution >= 4 is 11.7 Å². The van der Waals surface area contributed by atoms with Crippen LogP contribution in [0.2, 0.25) is 0 Å². The van der Waals surface area contributed by atoms with Crippen LogP contribution in [0, 0.1) is 11.7 Å². The van der Waals surface area contributed by atoms with Crippen LogP contribution in [0.3, 0.4) is 0 Å². The summed E-state index contributed by atoms with van der Waals surface area (Å²) in [4.78, 5) is 12.3. The molecule has 0 bridgehead atoms. The third-order valence-electron chi connectivity index (χ3n) is 4.97. The number of halogens is 1. The maximum absolute atomic E-state index is 13.4. The largest absolute Gasteiger partial charge is 0.493 e. The average molecular weight is 356 g/mol. The minimum absolute atomic E-state index is 0.0957. The number of hydrogen-bond acceptors (Lipinski definition) is 3. The molecular weight excluding hydrogens is 335 g/mol. The first kappa shape index (κ1) is 16.8. The van der Waals surface area contributed by atoms with Crippen LogP contribution in [0.1, 0.15) is 16.7 Å². The number of amides is 2. The van der Waals surface area contributed by atoms with Crippen molar-refractivity contribution in [2.24, 2.45) is 5.92 Å². The molecule has 2 atom stereocenters. The molecule has 0 aromatic heterocycles. The number of urea groups is 1. The second-order valence-electron chi connectivity index (χ2n) is 6.97. The van der Waals surface area contributed by atoms with E-state index in [9.17, 15) is 14.3 Å².